The van der Waals surface area contributed by atoms with E-state index in [9.17, 15) is 9.59 Å². The Kier molecular flexibility index (Phi) is 6.96. The number of nitriles is 1. The minimum absolute atomic E-state index is 0.105. The number of unbranched alkanes of at least 4 members (excludes halogenated alkanes) is 2. The summed E-state index contributed by atoms with van der Waals surface area (Å²) in [6.07, 6.45) is 4.12. The van der Waals surface area contributed by atoms with Gasteiger partial charge in [0.05, 0.1) is 0 Å². The number of hydrogen-bond acceptors (Lipinski definition) is 4. The summed E-state index contributed by atoms with van der Waals surface area (Å²) in [5.74, 6) is -0.690. The number of nitrogens with zero attached hydrogens (tertiary/aromatic N) is 2. The van der Waals surface area contributed by atoms with E-state index in [1.54, 1.807) is 6.92 Å². The molecule has 0 radical (unpaired) electrons. The minimum Gasteiger partial charge on any atom is -0.381 e. The molecular weight excluding hydrogens is 256 g/mol. The monoisotopic (exact) mass is 278 g/mol. The van der Waals surface area contributed by atoms with Crippen molar-refractivity contribution in [2.45, 2.75) is 46.0 Å². The van der Waals surface area contributed by atoms with Crippen LogP contribution in [0.3, 0.4) is 0 Å². The molecule has 0 aromatic carbocycles. The third-order valence-electron chi connectivity index (χ3n) is 3.28. The quantitative estimate of drug-likeness (QED) is 0.504. The SMILES string of the molecule is CCCCCOCCCN1C(=O)CC(C)=C(C#N)C1=O. The van der Waals surface area contributed by atoms with Crippen LogP contribution in [-0.4, -0.2) is 36.5 Å². The van der Waals surface area contributed by atoms with E-state index < -0.39 is 5.91 Å². The first-order valence-electron chi connectivity index (χ1n) is 7.14. The summed E-state index contributed by atoms with van der Waals surface area (Å²) in [4.78, 5) is 24.9. The third kappa shape index (κ3) is 4.46. The van der Waals surface area contributed by atoms with E-state index in [1.807, 2.05) is 6.07 Å². The van der Waals surface area contributed by atoms with Crippen LogP contribution in [0.25, 0.3) is 0 Å². The Hall–Kier alpha value is -1.67. The lowest BCUT2D eigenvalue weighted by molar-refractivity contribution is -0.143. The van der Waals surface area contributed by atoms with Crippen LogP contribution in [0.2, 0.25) is 0 Å². The van der Waals surface area contributed by atoms with Crippen LogP contribution in [0.5, 0.6) is 0 Å². The molecule has 0 saturated carbocycles. The van der Waals surface area contributed by atoms with Gasteiger partial charge in [0.15, 0.2) is 0 Å². The van der Waals surface area contributed by atoms with Crippen molar-refractivity contribution < 1.29 is 14.3 Å². The Bertz CT molecular complexity index is 435. The first-order valence-corrected chi connectivity index (χ1v) is 7.14. The van der Waals surface area contributed by atoms with Gasteiger partial charge in [-0.15, -0.1) is 0 Å². The van der Waals surface area contributed by atoms with Crippen molar-refractivity contribution in [2.24, 2.45) is 0 Å². The van der Waals surface area contributed by atoms with Crippen LogP contribution in [-0.2, 0) is 14.3 Å². The Balaban J connectivity index is 2.35. The molecule has 0 unspecified atom stereocenters. The van der Waals surface area contributed by atoms with Gasteiger partial charge in [-0.25, -0.2) is 0 Å². The number of carbonyl (C=O) groups is 2. The molecule has 0 bridgehead atoms. The zero-order chi connectivity index (χ0) is 15.0. The number of rotatable bonds is 8. The van der Waals surface area contributed by atoms with Crippen LogP contribution in [0.15, 0.2) is 11.1 Å². The predicted molar refractivity (Wildman–Crippen MR) is 74.6 cm³/mol. The van der Waals surface area contributed by atoms with E-state index in [0.29, 0.717) is 25.1 Å². The largest absolute Gasteiger partial charge is 0.381 e. The molecule has 0 aliphatic carbocycles. The van der Waals surface area contributed by atoms with Gasteiger partial charge >= 0.3 is 0 Å². The average molecular weight is 278 g/mol. The molecule has 0 atom stereocenters. The van der Waals surface area contributed by atoms with Crippen molar-refractivity contribution in [2.75, 3.05) is 19.8 Å². The number of carbonyl (C=O) groups excluding carboxylic acids is 2. The molecule has 110 valence electrons. The van der Waals surface area contributed by atoms with Crippen molar-refractivity contribution in [3.8, 4) is 6.07 Å². The zero-order valence-electron chi connectivity index (χ0n) is 12.3. The van der Waals surface area contributed by atoms with Gasteiger partial charge < -0.3 is 4.74 Å². The molecule has 0 saturated heterocycles. The topological polar surface area (TPSA) is 70.4 Å². The van der Waals surface area contributed by atoms with Gasteiger partial charge in [-0.2, -0.15) is 5.26 Å². The summed E-state index contributed by atoms with van der Waals surface area (Å²) < 4.78 is 5.45. The standard InChI is InChI=1S/C15H22N2O3/c1-3-4-5-8-20-9-6-7-17-14(18)10-12(2)13(11-16)15(17)19/h3-10H2,1-2H3. The lowest BCUT2D eigenvalue weighted by Gasteiger charge is -2.25. The molecule has 0 aromatic rings. The van der Waals surface area contributed by atoms with Crippen LogP contribution >= 0.6 is 0 Å². The highest BCUT2D eigenvalue weighted by atomic mass is 16.5. The van der Waals surface area contributed by atoms with Crippen molar-refractivity contribution in [1.82, 2.24) is 4.90 Å². The lowest BCUT2D eigenvalue weighted by Crippen LogP contribution is -2.42. The van der Waals surface area contributed by atoms with Gasteiger partial charge in [0.25, 0.3) is 5.91 Å². The fourth-order valence-corrected chi connectivity index (χ4v) is 2.09. The molecule has 0 N–H and O–H groups in total. The van der Waals surface area contributed by atoms with Crippen molar-refractivity contribution in [1.29, 1.82) is 5.26 Å². The fraction of sp³-hybridized carbons (Fsp3) is 0.667. The molecule has 2 amide bonds. The lowest BCUT2D eigenvalue weighted by atomic mass is 10.0. The number of hydrogen-bond donors (Lipinski definition) is 0. The molecule has 0 aromatic heterocycles. The summed E-state index contributed by atoms with van der Waals surface area (Å²) in [5.41, 5.74) is 0.669. The Morgan fingerprint density at radius 2 is 1.95 bits per heavy atom. The van der Waals surface area contributed by atoms with Crippen molar-refractivity contribution >= 4 is 11.8 Å². The molecule has 1 rings (SSSR count). The summed E-state index contributed by atoms with van der Waals surface area (Å²) in [5, 5.41) is 8.94. The zero-order valence-corrected chi connectivity index (χ0v) is 12.3. The van der Waals surface area contributed by atoms with E-state index >= 15 is 0 Å². The highest BCUT2D eigenvalue weighted by molar-refractivity contribution is 6.10. The maximum absolute atomic E-state index is 12.0. The highest BCUT2D eigenvalue weighted by Crippen LogP contribution is 2.19. The molecule has 0 fully saturated rings. The predicted octanol–water partition coefficient (Wildman–Crippen LogP) is 2.18. The normalized spacial score (nSPS) is 15.8. The number of ether oxygens (including phenoxy) is 1. The minimum atomic E-state index is -0.466. The maximum atomic E-state index is 12.0. The second-order valence-corrected chi connectivity index (χ2v) is 4.97. The molecule has 5 heteroatoms. The van der Waals surface area contributed by atoms with E-state index in [-0.39, 0.29) is 17.9 Å². The van der Waals surface area contributed by atoms with Crippen molar-refractivity contribution in [3.05, 3.63) is 11.1 Å². The summed E-state index contributed by atoms with van der Waals surface area (Å²) in [6.45, 7) is 5.37. The van der Waals surface area contributed by atoms with Gasteiger partial charge in [-0.05, 0) is 25.3 Å². The molecule has 0 spiro atoms. The van der Waals surface area contributed by atoms with Crippen LogP contribution in [0, 0.1) is 11.3 Å². The first kappa shape index (κ1) is 16.4. The Labute approximate surface area is 120 Å². The fourth-order valence-electron chi connectivity index (χ4n) is 2.09. The molecular formula is C15H22N2O3. The second kappa shape index (κ2) is 8.49. The van der Waals surface area contributed by atoms with Crippen molar-refractivity contribution in [3.63, 3.8) is 0 Å². The van der Waals surface area contributed by atoms with E-state index in [4.69, 9.17) is 10.00 Å². The Morgan fingerprint density at radius 3 is 2.60 bits per heavy atom. The molecule has 5 nitrogen and oxygen atoms in total. The van der Waals surface area contributed by atoms with Crippen LogP contribution in [0.4, 0.5) is 0 Å². The smallest absolute Gasteiger partial charge is 0.271 e. The average Bonchev–Trinajstić information content (AvgIpc) is 2.41. The number of amides is 2. The van der Waals surface area contributed by atoms with Gasteiger partial charge in [-0.1, -0.05) is 19.8 Å². The molecule has 1 aliphatic heterocycles. The molecule has 20 heavy (non-hydrogen) atoms. The third-order valence-corrected chi connectivity index (χ3v) is 3.28. The highest BCUT2D eigenvalue weighted by Gasteiger charge is 2.30. The van der Waals surface area contributed by atoms with E-state index in [2.05, 4.69) is 6.92 Å². The second-order valence-electron chi connectivity index (χ2n) is 4.97. The molecule has 1 heterocycles. The number of imide groups is 1. The molecule has 1 aliphatic rings. The summed E-state index contributed by atoms with van der Waals surface area (Å²) in [6, 6.07) is 1.88. The van der Waals surface area contributed by atoms with E-state index in [1.165, 1.54) is 4.90 Å². The summed E-state index contributed by atoms with van der Waals surface area (Å²) >= 11 is 0. The van der Waals surface area contributed by atoms with E-state index in [0.717, 1.165) is 25.9 Å². The Morgan fingerprint density at radius 1 is 1.25 bits per heavy atom. The van der Waals surface area contributed by atoms with Crippen LogP contribution in [0.1, 0.15) is 46.0 Å². The first-order chi connectivity index (χ1) is 9.61. The van der Waals surface area contributed by atoms with Gasteiger partial charge in [0, 0.05) is 26.2 Å². The van der Waals surface area contributed by atoms with Gasteiger partial charge in [0.2, 0.25) is 5.91 Å². The van der Waals surface area contributed by atoms with Gasteiger partial charge in [-0.3, -0.25) is 14.5 Å². The van der Waals surface area contributed by atoms with Crippen LogP contribution < -0.4 is 0 Å². The summed E-state index contributed by atoms with van der Waals surface area (Å²) in [7, 11) is 0. The maximum Gasteiger partial charge on any atom is 0.271 e. The van der Waals surface area contributed by atoms with Gasteiger partial charge in [0.1, 0.15) is 11.6 Å².